The van der Waals surface area contributed by atoms with Crippen molar-refractivity contribution in [3.05, 3.63) is 51.7 Å². The van der Waals surface area contributed by atoms with Crippen molar-refractivity contribution in [1.29, 1.82) is 0 Å². The molecule has 0 radical (unpaired) electrons. The van der Waals surface area contributed by atoms with E-state index in [9.17, 15) is 19.2 Å². The molecule has 16 heteroatoms. The molecule has 4 aromatic rings. The largest absolute Gasteiger partial charge is 0.496 e. The smallest absolute Gasteiger partial charge is 0.322 e. The van der Waals surface area contributed by atoms with Crippen LogP contribution in [-0.2, 0) is 16.1 Å². The van der Waals surface area contributed by atoms with E-state index in [1.54, 1.807) is 30.3 Å². The number of amides is 2. The number of carboxylic acids is 2. The van der Waals surface area contributed by atoms with Crippen LogP contribution in [0.5, 0.6) is 17.2 Å². The van der Waals surface area contributed by atoms with E-state index in [1.807, 2.05) is 6.07 Å². The van der Waals surface area contributed by atoms with Crippen molar-refractivity contribution < 1.29 is 43.7 Å². The van der Waals surface area contributed by atoms with Gasteiger partial charge in [-0.15, -0.1) is 22.7 Å². The number of fused-ring (bicyclic) bond motifs is 2. The minimum absolute atomic E-state index is 0.152. The molecule has 6 N–H and O–H groups in total. The lowest BCUT2D eigenvalue weighted by molar-refractivity contribution is -0.136. The minimum Gasteiger partial charge on any atom is -0.496 e. The lowest BCUT2D eigenvalue weighted by Gasteiger charge is -2.15. The first-order valence-corrected chi connectivity index (χ1v) is 14.0. The average Bonchev–Trinajstić information content (AvgIpc) is 3.58. The summed E-state index contributed by atoms with van der Waals surface area (Å²) < 4.78 is 12.4. The first-order chi connectivity index (χ1) is 20.1. The van der Waals surface area contributed by atoms with E-state index in [0.717, 1.165) is 27.0 Å². The molecule has 2 amide bonds. The van der Waals surface area contributed by atoms with Gasteiger partial charge in [0.15, 0.2) is 16.6 Å². The zero-order valence-corrected chi connectivity index (χ0v) is 24.5. The number of ether oxygens (including phenoxy) is 2. The maximum absolute atomic E-state index is 12.3. The van der Waals surface area contributed by atoms with E-state index in [4.69, 9.17) is 36.7 Å². The summed E-state index contributed by atoms with van der Waals surface area (Å²) in [7, 11) is 2.98. The van der Waals surface area contributed by atoms with Crippen LogP contribution in [0.1, 0.15) is 24.9 Å². The van der Waals surface area contributed by atoms with Crippen molar-refractivity contribution in [1.82, 2.24) is 21.4 Å². The molecule has 2 heterocycles. The highest BCUT2D eigenvalue weighted by molar-refractivity contribution is 7.80. The van der Waals surface area contributed by atoms with Gasteiger partial charge in [-0.2, -0.15) is 5.48 Å². The number of rotatable bonds is 12. The fourth-order valence-electron chi connectivity index (χ4n) is 3.75. The molecular formula is C26H24N4O9S3. The summed E-state index contributed by atoms with van der Waals surface area (Å²) in [4.78, 5) is 52.4. The van der Waals surface area contributed by atoms with Gasteiger partial charge in [0, 0.05) is 27.6 Å². The van der Waals surface area contributed by atoms with Gasteiger partial charge >= 0.3 is 11.9 Å². The highest BCUT2D eigenvalue weighted by Crippen LogP contribution is 2.36. The van der Waals surface area contributed by atoms with Gasteiger partial charge < -0.3 is 40.5 Å². The van der Waals surface area contributed by atoms with Crippen LogP contribution in [-0.4, -0.2) is 66.4 Å². The molecule has 0 aliphatic rings. The normalized spacial score (nSPS) is 10.6. The standard InChI is InChI=1S/C26H24N4O9S3/c1-37-15-3-12-5-20(24(35)27-10-22(31)32)41-18(12)7-14(15)9-29-26(40)30-39-17-8-19-13(4-16(17)38-2)6-21(42-19)25(36)28-11-23(33)34/h3-8H,9-11H2,1-2H3,(H,27,35)(H,28,36)(H,31,32)(H,33,34)(H2,29,30,40). The highest BCUT2D eigenvalue weighted by atomic mass is 32.1. The number of hydroxylamine groups is 1. The number of aliphatic carboxylic acids is 2. The second kappa shape index (κ2) is 13.3. The zero-order chi connectivity index (χ0) is 30.4. The van der Waals surface area contributed by atoms with E-state index in [1.165, 1.54) is 25.6 Å². The van der Waals surface area contributed by atoms with Crippen LogP contribution in [0.3, 0.4) is 0 Å². The number of carbonyl (C=O) groups is 4. The van der Waals surface area contributed by atoms with Gasteiger partial charge in [0.05, 0.1) is 24.0 Å². The fraction of sp³-hybridized carbons (Fsp3) is 0.192. The van der Waals surface area contributed by atoms with Crippen LogP contribution in [0.2, 0.25) is 0 Å². The number of benzene rings is 2. The lowest BCUT2D eigenvalue weighted by Crippen LogP contribution is -2.37. The van der Waals surface area contributed by atoms with Crippen LogP contribution < -0.4 is 35.7 Å². The molecular weight excluding hydrogens is 609 g/mol. The molecule has 220 valence electrons. The molecule has 0 unspecified atom stereocenters. The number of hydrogen-bond donors (Lipinski definition) is 6. The van der Waals surface area contributed by atoms with Crippen molar-refractivity contribution in [3.63, 3.8) is 0 Å². The maximum atomic E-state index is 12.3. The first-order valence-electron chi connectivity index (χ1n) is 12.0. The number of methoxy groups -OCH3 is 2. The Morgan fingerprint density at radius 3 is 1.79 bits per heavy atom. The van der Waals surface area contributed by atoms with Gasteiger partial charge in [0.1, 0.15) is 18.8 Å². The van der Waals surface area contributed by atoms with Crippen molar-refractivity contribution >= 4 is 83.9 Å². The maximum Gasteiger partial charge on any atom is 0.322 e. The van der Waals surface area contributed by atoms with Gasteiger partial charge in [0.2, 0.25) is 0 Å². The predicted molar refractivity (Wildman–Crippen MR) is 160 cm³/mol. The Kier molecular flexibility index (Phi) is 9.61. The highest BCUT2D eigenvalue weighted by Gasteiger charge is 2.17. The van der Waals surface area contributed by atoms with Crippen molar-refractivity contribution in [3.8, 4) is 17.2 Å². The molecule has 0 atom stereocenters. The third kappa shape index (κ3) is 7.34. The summed E-state index contributed by atoms with van der Waals surface area (Å²) in [6, 6.07) is 10.3. The third-order valence-electron chi connectivity index (χ3n) is 5.66. The van der Waals surface area contributed by atoms with Crippen LogP contribution in [0.15, 0.2) is 36.4 Å². The minimum atomic E-state index is -1.14. The average molecular weight is 633 g/mol. The van der Waals surface area contributed by atoms with Gasteiger partial charge in [0.25, 0.3) is 11.8 Å². The Balaban J connectivity index is 1.41. The summed E-state index contributed by atoms with van der Waals surface area (Å²) in [5, 5.41) is 26.9. The molecule has 42 heavy (non-hydrogen) atoms. The molecule has 0 saturated heterocycles. The van der Waals surface area contributed by atoms with Gasteiger partial charge in [-0.3, -0.25) is 19.2 Å². The molecule has 0 aliphatic carbocycles. The number of thiocarbonyl (C=S) groups is 1. The molecule has 0 spiro atoms. The van der Waals surface area contributed by atoms with E-state index in [2.05, 4.69) is 21.4 Å². The molecule has 0 saturated carbocycles. The molecule has 2 aromatic heterocycles. The SMILES string of the molecule is COc1cc2cc(C(=O)NCC(=O)O)sc2cc1CNC(=S)NOc1cc2sc(C(=O)NCC(=O)O)cc2cc1OC. The topological polar surface area (TPSA) is 185 Å². The van der Waals surface area contributed by atoms with E-state index >= 15 is 0 Å². The summed E-state index contributed by atoms with van der Waals surface area (Å²) >= 11 is 7.74. The van der Waals surface area contributed by atoms with Crippen molar-refractivity contribution in [2.75, 3.05) is 27.3 Å². The van der Waals surface area contributed by atoms with Gasteiger partial charge in [-0.05, 0) is 53.3 Å². The van der Waals surface area contributed by atoms with Crippen LogP contribution >= 0.6 is 34.9 Å². The van der Waals surface area contributed by atoms with Gasteiger partial charge in [-0.25, -0.2) is 0 Å². The number of hydrogen-bond acceptors (Lipinski definition) is 10. The second-order valence-corrected chi connectivity index (χ2v) is 11.1. The van der Waals surface area contributed by atoms with Crippen molar-refractivity contribution in [2.45, 2.75) is 6.54 Å². The van der Waals surface area contributed by atoms with E-state index in [-0.39, 0.29) is 11.7 Å². The Morgan fingerprint density at radius 1 is 0.738 bits per heavy atom. The first kappa shape index (κ1) is 30.3. The van der Waals surface area contributed by atoms with Gasteiger partial charge in [-0.1, -0.05) is 0 Å². The Labute approximate surface area is 251 Å². The summed E-state index contributed by atoms with van der Waals surface area (Å²) in [5.41, 5.74) is 3.40. The van der Waals surface area contributed by atoms with Crippen LogP contribution in [0, 0.1) is 0 Å². The lowest BCUT2D eigenvalue weighted by atomic mass is 10.1. The van der Waals surface area contributed by atoms with Crippen molar-refractivity contribution in [2.24, 2.45) is 0 Å². The third-order valence-corrected chi connectivity index (χ3v) is 8.08. The molecule has 4 rings (SSSR count). The van der Waals surface area contributed by atoms with E-state index in [0.29, 0.717) is 37.1 Å². The summed E-state index contributed by atoms with van der Waals surface area (Å²) in [5.74, 6) is -2.02. The number of carbonyl (C=O) groups excluding carboxylic acids is 2. The monoisotopic (exact) mass is 632 g/mol. The summed E-state index contributed by atoms with van der Waals surface area (Å²) in [6.45, 7) is -0.709. The molecule has 0 aliphatic heterocycles. The molecule has 13 nitrogen and oxygen atoms in total. The Hall–Kier alpha value is -4.67. The number of thiophene rings is 2. The summed E-state index contributed by atoms with van der Waals surface area (Å²) in [6.07, 6.45) is 0. The second-order valence-electron chi connectivity index (χ2n) is 8.50. The Morgan fingerprint density at radius 2 is 1.26 bits per heavy atom. The number of nitrogens with one attached hydrogen (secondary N) is 4. The van der Waals surface area contributed by atoms with Crippen LogP contribution in [0.25, 0.3) is 20.2 Å². The quantitative estimate of drug-likeness (QED) is 0.0993. The zero-order valence-electron chi connectivity index (χ0n) is 22.1. The van der Waals surface area contributed by atoms with Crippen LogP contribution in [0.4, 0.5) is 0 Å². The molecule has 2 aromatic carbocycles. The molecule has 0 bridgehead atoms. The molecule has 0 fully saturated rings. The fourth-order valence-corrected chi connectivity index (χ4v) is 5.87. The predicted octanol–water partition coefficient (Wildman–Crippen LogP) is 2.72. The Bertz CT molecular complexity index is 1580. The number of carboxylic acid groups (broad SMARTS) is 2. The van der Waals surface area contributed by atoms with E-state index < -0.39 is 36.8 Å².